The number of aryl methyl sites for hydroxylation is 1. The zero-order chi connectivity index (χ0) is 18.0. The Hall–Kier alpha value is -1.96. The number of carbonyl (C=O) groups excluding carboxylic acids is 2. The number of nitrogens with one attached hydrogen (secondary N) is 1. The van der Waals surface area contributed by atoms with Crippen LogP contribution in [0, 0.1) is 13.8 Å². The number of carbonyl (C=O) groups is 2. The molecule has 0 saturated carbocycles. The lowest BCUT2D eigenvalue weighted by molar-refractivity contribution is 0.0529. The Bertz CT molecular complexity index is 906. The number of esters is 1. The van der Waals surface area contributed by atoms with Crippen LogP contribution in [-0.4, -0.2) is 18.5 Å². The zero-order valence-electron chi connectivity index (χ0n) is 14.0. The first kappa shape index (κ1) is 17.8. The number of amides is 1. The molecule has 130 valence electrons. The Morgan fingerprint density at radius 1 is 1.16 bits per heavy atom. The van der Waals surface area contributed by atoms with E-state index in [0.29, 0.717) is 16.1 Å². The van der Waals surface area contributed by atoms with E-state index in [0.717, 1.165) is 20.9 Å². The summed E-state index contributed by atoms with van der Waals surface area (Å²) in [6.07, 6.45) is 0. The van der Waals surface area contributed by atoms with Crippen LogP contribution in [0.4, 0.5) is 5.00 Å². The molecular formula is C18H17NO3S3. The van der Waals surface area contributed by atoms with E-state index in [9.17, 15) is 9.59 Å². The molecular weight excluding hydrogens is 374 g/mol. The van der Waals surface area contributed by atoms with Gasteiger partial charge >= 0.3 is 5.97 Å². The fourth-order valence-electron chi connectivity index (χ4n) is 2.38. The van der Waals surface area contributed by atoms with Crippen LogP contribution < -0.4 is 5.32 Å². The molecule has 1 N–H and O–H groups in total. The van der Waals surface area contributed by atoms with Crippen molar-refractivity contribution in [3.63, 3.8) is 0 Å². The van der Waals surface area contributed by atoms with E-state index in [4.69, 9.17) is 4.74 Å². The lowest BCUT2D eigenvalue weighted by Crippen LogP contribution is -2.15. The molecule has 3 aromatic rings. The third kappa shape index (κ3) is 3.53. The Balaban J connectivity index is 1.97. The van der Waals surface area contributed by atoms with Crippen molar-refractivity contribution >= 4 is 50.9 Å². The van der Waals surface area contributed by atoms with Crippen molar-refractivity contribution in [1.82, 2.24) is 0 Å². The smallest absolute Gasteiger partial charge is 0.341 e. The van der Waals surface area contributed by atoms with Gasteiger partial charge in [-0.05, 0) is 37.8 Å². The van der Waals surface area contributed by atoms with E-state index < -0.39 is 5.97 Å². The fraction of sp³-hybridized carbons (Fsp3) is 0.222. The molecule has 0 aromatic carbocycles. The van der Waals surface area contributed by atoms with Gasteiger partial charge in [-0.15, -0.1) is 34.0 Å². The van der Waals surface area contributed by atoms with E-state index in [1.54, 1.807) is 29.6 Å². The van der Waals surface area contributed by atoms with E-state index in [2.05, 4.69) is 5.32 Å². The van der Waals surface area contributed by atoms with Gasteiger partial charge in [0.2, 0.25) is 0 Å². The van der Waals surface area contributed by atoms with Crippen LogP contribution in [0.25, 0.3) is 10.4 Å². The second-order valence-electron chi connectivity index (χ2n) is 5.34. The van der Waals surface area contributed by atoms with Crippen LogP contribution in [0.3, 0.4) is 0 Å². The highest BCUT2D eigenvalue weighted by molar-refractivity contribution is 7.17. The van der Waals surface area contributed by atoms with E-state index in [1.165, 1.54) is 11.3 Å². The van der Waals surface area contributed by atoms with Crippen molar-refractivity contribution < 1.29 is 14.3 Å². The summed E-state index contributed by atoms with van der Waals surface area (Å²) in [6.45, 7) is 5.97. The maximum Gasteiger partial charge on any atom is 0.341 e. The fourth-order valence-corrected chi connectivity index (χ4v) is 5.01. The lowest BCUT2D eigenvalue weighted by atomic mass is 10.1. The minimum atomic E-state index is -0.416. The third-order valence-electron chi connectivity index (χ3n) is 3.81. The van der Waals surface area contributed by atoms with Crippen molar-refractivity contribution in [2.75, 3.05) is 11.9 Å². The van der Waals surface area contributed by atoms with Gasteiger partial charge in [0.05, 0.1) is 12.2 Å². The second kappa shape index (κ2) is 7.51. The van der Waals surface area contributed by atoms with Crippen LogP contribution in [-0.2, 0) is 4.74 Å². The molecule has 0 unspecified atom stereocenters. The van der Waals surface area contributed by atoms with E-state index in [-0.39, 0.29) is 12.5 Å². The maximum atomic E-state index is 12.6. The lowest BCUT2D eigenvalue weighted by Gasteiger charge is -2.08. The summed E-state index contributed by atoms with van der Waals surface area (Å²) >= 11 is 4.43. The van der Waals surface area contributed by atoms with Crippen molar-refractivity contribution in [2.24, 2.45) is 0 Å². The first-order valence-electron chi connectivity index (χ1n) is 7.71. The van der Waals surface area contributed by atoms with Gasteiger partial charge in [0.25, 0.3) is 5.91 Å². The number of thiophene rings is 3. The molecule has 0 bridgehead atoms. The average Bonchev–Trinajstić information content (AvgIpc) is 3.29. The first-order valence-corrected chi connectivity index (χ1v) is 10.3. The van der Waals surface area contributed by atoms with Gasteiger partial charge in [-0.25, -0.2) is 4.79 Å². The van der Waals surface area contributed by atoms with Crippen LogP contribution >= 0.6 is 34.0 Å². The molecule has 0 fully saturated rings. The Morgan fingerprint density at radius 3 is 2.56 bits per heavy atom. The van der Waals surface area contributed by atoms with Gasteiger partial charge in [-0.3, -0.25) is 4.79 Å². The molecule has 0 aliphatic carbocycles. The highest BCUT2D eigenvalue weighted by Gasteiger charge is 2.24. The summed E-state index contributed by atoms with van der Waals surface area (Å²) in [5.41, 5.74) is 2.83. The summed E-state index contributed by atoms with van der Waals surface area (Å²) in [5, 5.41) is 9.11. The molecule has 4 nitrogen and oxygen atoms in total. The molecule has 0 aliphatic heterocycles. The molecule has 3 rings (SSSR count). The number of ether oxygens (including phenoxy) is 1. The Morgan fingerprint density at radius 2 is 1.96 bits per heavy atom. The van der Waals surface area contributed by atoms with Gasteiger partial charge in [-0.1, -0.05) is 6.07 Å². The maximum absolute atomic E-state index is 12.6. The molecule has 0 saturated heterocycles. The molecule has 0 atom stereocenters. The normalized spacial score (nSPS) is 10.7. The number of rotatable bonds is 5. The largest absolute Gasteiger partial charge is 0.462 e. The first-order chi connectivity index (χ1) is 12.0. The molecule has 0 aliphatic rings. The van der Waals surface area contributed by atoms with Crippen molar-refractivity contribution in [1.29, 1.82) is 0 Å². The average molecular weight is 392 g/mol. The summed E-state index contributed by atoms with van der Waals surface area (Å²) < 4.78 is 5.20. The third-order valence-corrected chi connectivity index (χ3v) is 6.63. The van der Waals surface area contributed by atoms with Gasteiger partial charge in [-0.2, -0.15) is 0 Å². The van der Waals surface area contributed by atoms with Crippen molar-refractivity contribution in [2.45, 2.75) is 20.8 Å². The molecule has 0 spiro atoms. The van der Waals surface area contributed by atoms with Gasteiger partial charge in [0.1, 0.15) is 10.6 Å². The second-order valence-corrected chi connectivity index (χ2v) is 8.25. The van der Waals surface area contributed by atoms with Gasteiger partial charge in [0, 0.05) is 26.1 Å². The topological polar surface area (TPSA) is 55.4 Å². The van der Waals surface area contributed by atoms with Crippen molar-refractivity contribution in [3.8, 4) is 10.4 Å². The molecule has 7 heteroatoms. The summed E-state index contributed by atoms with van der Waals surface area (Å²) in [7, 11) is 0. The van der Waals surface area contributed by atoms with E-state index >= 15 is 0 Å². The van der Waals surface area contributed by atoms with Crippen LogP contribution in [0.2, 0.25) is 0 Å². The number of hydrogen-bond donors (Lipinski definition) is 1. The minimum absolute atomic E-state index is 0.202. The van der Waals surface area contributed by atoms with Gasteiger partial charge < -0.3 is 10.1 Å². The summed E-state index contributed by atoms with van der Waals surface area (Å²) in [6, 6.07) is 3.88. The SMILES string of the molecule is CCOC(=O)c1c(-c2cccs2)csc1NC(=O)c1csc(C)c1C. The highest BCUT2D eigenvalue weighted by Crippen LogP contribution is 2.38. The highest BCUT2D eigenvalue weighted by atomic mass is 32.1. The monoisotopic (exact) mass is 391 g/mol. The Labute approximate surface area is 158 Å². The zero-order valence-corrected chi connectivity index (χ0v) is 16.5. The minimum Gasteiger partial charge on any atom is -0.462 e. The molecule has 3 aromatic heterocycles. The van der Waals surface area contributed by atoms with Crippen molar-refractivity contribution in [3.05, 3.63) is 49.8 Å². The Kier molecular flexibility index (Phi) is 5.36. The molecule has 1 amide bonds. The van der Waals surface area contributed by atoms with Crippen LogP contribution in [0.15, 0.2) is 28.3 Å². The summed E-state index contributed by atoms with van der Waals surface area (Å²) in [5.74, 6) is -0.618. The predicted octanol–water partition coefficient (Wildman–Crippen LogP) is 5.58. The van der Waals surface area contributed by atoms with Crippen LogP contribution in [0.1, 0.15) is 38.1 Å². The van der Waals surface area contributed by atoms with E-state index in [1.807, 2.05) is 42.1 Å². The molecule has 25 heavy (non-hydrogen) atoms. The standard InChI is InChI=1S/C18H17NO3S3/c1-4-22-18(21)15-13(14-6-5-7-23-14)9-25-17(15)19-16(20)12-8-24-11(3)10(12)2/h5-9H,4H2,1-3H3,(H,19,20). The number of hydrogen-bond acceptors (Lipinski definition) is 6. The molecule has 3 heterocycles. The number of anilines is 1. The predicted molar refractivity (Wildman–Crippen MR) is 105 cm³/mol. The van der Waals surface area contributed by atoms with Gasteiger partial charge in [0.15, 0.2) is 0 Å². The van der Waals surface area contributed by atoms with Crippen LogP contribution in [0.5, 0.6) is 0 Å². The summed E-state index contributed by atoms with van der Waals surface area (Å²) in [4.78, 5) is 27.2. The molecule has 0 radical (unpaired) electrons. The quantitative estimate of drug-likeness (QED) is 0.577.